The van der Waals surface area contributed by atoms with Crippen LogP contribution in [-0.4, -0.2) is 37.4 Å². The fourth-order valence-electron chi connectivity index (χ4n) is 3.31. The summed E-state index contributed by atoms with van der Waals surface area (Å²) < 4.78 is 21.3. The summed E-state index contributed by atoms with van der Waals surface area (Å²) in [6, 6.07) is 19.3. The molecule has 8 nitrogen and oxygen atoms in total. The van der Waals surface area contributed by atoms with Crippen LogP contribution in [0.15, 0.2) is 71.3 Å². The molecule has 3 aromatic carbocycles. The molecule has 1 amide bonds. The maximum Gasteiger partial charge on any atom is 0.338 e. The topological polar surface area (TPSA) is 99.9 Å². The van der Waals surface area contributed by atoms with Crippen molar-refractivity contribution in [2.75, 3.05) is 19.5 Å². The van der Waals surface area contributed by atoms with Crippen molar-refractivity contribution in [3.63, 3.8) is 0 Å². The molecule has 0 saturated carbocycles. The third-order valence-corrected chi connectivity index (χ3v) is 5.05. The molecule has 1 N–H and O–H groups in total. The van der Waals surface area contributed by atoms with Crippen molar-refractivity contribution < 1.29 is 28.3 Å². The number of benzene rings is 3. The number of amides is 1. The minimum atomic E-state index is -1.03. The van der Waals surface area contributed by atoms with Crippen LogP contribution in [0.2, 0.25) is 0 Å². The van der Waals surface area contributed by atoms with Gasteiger partial charge in [-0.05, 0) is 37.3 Å². The molecule has 1 unspecified atom stereocenters. The van der Waals surface area contributed by atoms with E-state index in [-0.39, 0.29) is 5.56 Å². The Morgan fingerprint density at radius 1 is 0.939 bits per heavy atom. The van der Waals surface area contributed by atoms with Gasteiger partial charge >= 0.3 is 5.97 Å². The van der Waals surface area contributed by atoms with Gasteiger partial charge in [-0.25, -0.2) is 4.79 Å². The van der Waals surface area contributed by atoms with Crippen molar-refractivity contribution in [2.45, 2.75) is 13.0 Å². The van der Waals surface area contributed by atoms with Crippen LogP contribution in [0.3, 0.4) is 0 Å². The summed E-state index contributed by atoms with van der Waals surface area (Å²) in [5.74, 6) is 0.448. The van der Waals surface area contributed by atoms with Gasteiger partial charge in [0.25, 0.3) is 5.91 Å². The Hall–Kier alpha value is -4.33. The number of ether oxygens (including phenoxy) is 3. The number of hydrogen-bond donors (Lipinski definition) is 1. The molecule has 0 radical (unpaired) electrons. The third kappa shape index (κ3) is 4.64. The van der Waals surface area contributed by atoms with E-state index in [9.17, 15) is 9.59 Å². The van der Waals surface area contributed by atoms with Gasteiger partial charge in [-0.3, -0.25) is 4.79 Å². The van der Waals surface area contributed by atoms with Gasteiger partial charge in [0, 0.05) is 17.3 Å². The largest absolute Gasteiger partial charge is 0.493 e. The molecule has 0 spiro atoms. The molecule has 168 valence electrons. The summed E-state index contributed by atoms with van der Waals surface area (Å²) in [5.41, 5.74) is 2.23. The molecule has 0 fully saturated rings. The van der Waals surface area contributed by atoms with E-state index in [1.54, 1.807) is 36.4 Å². The molecule has 0 aliphatic rings. The monoisotopic (exact) mass is 446 g/mol. The first-order valence-corrected chi connectivity index (χ1v) is 10.2. The smallest absolute Gasteiger partial charge is 0.338 e. The van der Waals surface area contributed by atoms with E-state index in [1.165, 1.54) is 21.1 Å². The van der Waals surface area contributed by atoms with Crippen LogP contribution in [0.4, 0.5) is 5.69 Å². The lowest BCUT2D eigenvalue weighted by Gasteiger charge is -2.15. The summed E-state index contributed by atoms with van der Waals surface area (Å²) in [6.45, 7) is 1.50. The van der Waals surface area contributed by atoms with Crippen molar-refractivity contribution in [2.24, 2.45) is 0 Å². The quantitative estimate of drug-likeness (QED) is 0.411. The summed E-state index contributed by atoms with van der Waals surface area (Å²) in [7, 11) is 3.03. The van der Waals surface area contributed by atoms with Gasteiger partial charge in [-0.15, -0.1) is 0 Å². The maximum absolute atomic E-state index is 12.7. The normalized spacial score (nSPS) is 11.6. The zero-order valence-corrected chi connectivity index (χ0v) is 18.3. The Bertz CT molecular complexity index is 1300. The number of fused-ring (bicyclic) bond motifs is 1. The molecule has 0 bridgehead atoms. The Kier molecular flexibility index (Phi) is 6.26. The number of nitrogens with zero attached hydrogens (tertiary/aromatic N) is 1. The summed E-state index contributed by atoms with van der Waals surface area (Å²) in [4.78, 5) is 25.3. The Labute approximate surface area is 190 Å². The Morgan fingerprint density at radius 3 is 2.42 bits per heavy atom. The second-order valence-corrected chi connectivity index (χ2v) is 7.22. The van der Waals surface area contributed by atoms with E-state index < -0.39 is 18.0 Å². The highest BCUT2D eigenvalue weighted by atomic mass is 16.5. The van der Waals surface area contributed by atoms with E-state index in [0.29, 0.717) is 33.8 Å². The summed E-state index contributed by atoms with van der Waals surface area (Å²) in [6.07, 6.45) is -1.03. The number of esters is 1. The molecule has 8 heteroatoms. The molecule has 4 rings (SSSR count). The van der Waals surface area contributed by atoms with Gasteiger partial charge in [-0.2, -0.15) is 0 Å². The number of anilines is 1. The van der Waals surface area contributed by atoms with Crippen LogP contribution in [0.5, 0.6) is 11.5 Å². The maximum atomic E-state index is 12.7. The second-order valence-electron chi connectivity index (χ2n) is 7.22. The number of hydrogen-bond acceptors (Lipinski definition) is 7. The van der Waals surface area contributed by atoms with Crippen molar-refractivity contribution in [1.29, 1.82) is 0 Å². The predicted octanol–water partition coefficient (Wildman–Crippen LogP) is 4.70. The van der Waals surface area contributed by atoms with Crippen molar-refractivity contribution >= 4 is 28.5 Å². The van der Waals surface area contributed by atoms with E-state index in [1.807, 2.05) is 30.3 Å². The zero-order chi connectivity index (χ0) is 23.4. The van der Waals surface area contributed by atoms with Crippen molar-refractivity contribution in [1.82, 2.24) is 5.16 Å². The average molecular weight is 446 g/mol. The molecule has 1 aromatic heterocycles. The lowest BCUT2D eigenvalue weighted by atomic mass is 10.1. The van der Waals surface area contributed by atoms with Crippen LogP contribution in [0.1, 0.15) is 17.3 Å². The number of rotatable bonds is 7. The Balaban J connectivity index is 1.48. The highest BCUT2D eigenvalue weighted by Gasteiger charge is 2.21. The van der Waals surface area contributed by atoms with Crippen LogP contribution < -0.4 is 14.8 Å². The van der Waals surface area contributed by atoms with Crippen LogP contribution >= 0.6 is 0 Å². The van der Waals surface area contributed by atoms with Gasteiger partial charge in [0.05, 0.1) is 25.2 Å². The van der Waals surface area contributed by atoms with Crippen molar-refractivity contribution in [3.05, 3.63) is 72.3 Å². The molecule has 0 aliphatic carbocycles. The first kappa shape index (κ1) is 21.9. The first-order valence-electron chi connectivity index (χ1n) is 10.2. The number of carbonyl (C=O) groups is 2. The fraction of sp³-hybridized carbons (Fsp3) is 0.160. The number of carbonyl (C=O) groups excluding carboxylic acids is 2. The van der Waals surface area contributed by atoms with Gasteiger partial charge in [0.1, 0.15) is 5.52 Å². The van der Waals surface area contributed by atoms with Crippen LogP contribution in [-0.2, 0) is 9.53 Å². The average Bonchev–Trinajstić information content (AvgIpc) is 3.27. The first-order chi connectivity index (χ1) is 16.0. The SMILES string of the molecule is COc1ccc(NC(=O)C(C)OC(=O)c2ccc3noc(-c4ccccc4)c3c2)cc1OC. The second kappa shape index (κ2) is 9.44. The standard InChI is InChI=1S/C25H22N2O6/c1-15(24(28)26-18-10-12-21(30-2)22(14-18)31-3)32-25(29)17-9-11-20-19(13-17)23(33-27-20)16-7-5-4-6-8-16/h4-15H,1-3H3,(H,26,28). The molecule has 1 heterocycles. The van der Waals surface area contributed by atoms with Crippen LogP contribution in [0.25, 0.3) is 22.2 Å². The van der Waals surface area contributed by atoms with Gasteiger partial charge in [0.2, 0.25) is 0 Å². The van der Waals surface area contributed by atoms with Gasteiger partial charge < -0.3 is 24.1 Å². The summed E-state index contributed by atoms with van der Waals surface area (Å²) in [5, 5.41) is 7.43. The molecule has 0 aliphatic heterocycles. The van der Waals surface area contributed by atoms with Gasteiger partial charge in [-0.1, -0.05) is 35.5 Å². The minimum absolute atomic E-state index is 0.286. The molecule has 1 atom stereocenters. The number of nitrogens with one attached hydrogen (secondary N) is 1. The predicted molar refractivity (Wildman–Crippen MR) is 122 cm³/mol. The highest BCUT2D eigenvalue weighted by Crippen LogP contribution is 2.31. The number of methoxy groups -OCH3 is 2. The summed E-state index contributed by atoms with van der Waals surface area (Å²) >= 11 is 0. The third-order valence-electron chi connectivity index (χ3n) is 5.05. The van der Waals surface area contributed by atoms with E-state index in [4.69, 9.17) is 18.7 Å². The molecule has 4 aromatic rings. The van der Waals surface area contributed by atoms with Gasteiger partial charge in [0.15, 0.2) is 23.4 Å². The lowest BCUT2D eigenvalue weighted by Crippen LogP contribution is -2.30. The highest BCUT2D eigenvalue weighted by molar-refractivity contribution is 6.01. The Morgan fingerprint density at radius 2 is 1.70 bits per heavy atom. The minimum Gasteiger partial charge on any atom is -0.493 e. The van der Waals surface area contributed by atoms with Crippen LogP contribution in [0, 0.1) is 0 Å². The zero-order valence-electron chi connectivity index (χ0n) is 18.3. The number of aromatic nitrogens is 1. The molecular weight excluding hydrogens is 424 g/mol. The molecule has 33 heavy (non-hydrogen) atoms. The van der Waals surface area contributed by atoms with Crippen molar-refractivity contribution in [3.8, 4) is 22.8 Å². The van der Waals surface area contributed by atoms with E-state index in [0.717, 1.165) is 5.56 Å². The molecule has 0 saturated heterocycles. The lowest BCUT2D eigenvalue weighted by molar-refractivity contribution is -0.123. The fourth-order valence-corrected chi connectivity index (χ4v) is 3.31. The van der Waals surface area contributed by atoms with E-state index in [2.05, 4.69) is 10.5 Å². The molecular formula is C25H22N2O6. The van der Waals surface area contributed by atoms with E-state index >= 15 is 0 Å².